The molecule has 0 saturated carbocycles. The summed E-state index contributed by atoms with van der Waals surface area (Å²) < 4.78 is 5.40. The van der Waals surface area contributed by atoms with Gasteiger partial charge >= 0.3 is 0 Å². The number of anilines is 2. The Morgan fingerprint density at radius 2 is 1.96 bits per heavy atom. The van der Waals surface area contributed by atoms with Gasteiger partial charge < -0.3 is 20.7 Å². The number of allylic oxidation sites excluding steroid dienone is 1. The number of nitrogens with one attached hydrogen (secondary N) is 1. The monoisotopic (exact) mass is 337 g/mol. The standard InChI is InChI=1S/C19H23N5O/c1-13(2)23-18-11-15(4-5-21-18)16-10-17(19(20)22-12-16)14(3)24-6-8-25-9-7-24/h4-5,10-12H,1,3,6-9H2,2H3,(H2,20,22)(H,21,23). The number of pyridine rings is 2. The molecule has 6 heteroatoms. The Morgan fingerprint density at radius 3 is 2.68 bits per heavy atom. The van der Waals surface area contributed by atoms with Gasteiger partial charge in [0.25, 0.3) is 0 Å². The molecule has 1 aliphatic heterocycles. The molecule has 25 heavy (non-hydrogen) atoms. The van der Waals surface area contributed by atoms with E-state index in [9.17, 15) is 0 Å². The number of aromatic nitrogens is 2. The summed E-state index contributed by atoms with van der Waals surface area (Å²) in [5.74, 6) is 1.23. The van der Waals surface area contributed by atoms with Crippen LogP contribution >= 0.6 is 0 Å². The molecule has 1 saturated heterocycles. The van der Waals surface area contributed by atoms with E-state index >= 15 is 0 Å². The summed E-state index contributed by atoms with van der Waals surface area (Å²) in [6, 6.07) is 5.93. The number of ether oxygens (including phenoxy) is 1. The summed E-state index contributed by atoms with van der Waals surface area (Å²) in [7, 11) is 0. The molecular weight excluding hydrogens is 314 g/mol. The van der Waals surface area contributed by atoms with Gasteiger partial charge in [0.2, 0.25) is 0 Å². The molecule has 0 aliphatic carbocycles. The van der Waals surface area contributed by atoms with Gasteiger partial charge in [-0.2, -0.15) is 0 Å². The molecule has 1 aliphatic rings. The second-order valence-corrected chi connectivity index (χ2v) is 6.04. The smallest absolute Gasteiger partial charge is 0.132 e. The van der Waals surface area contributed by atoms with Crippen molar-refractivity contribution in [3.05, 3.63) is 55.0 Å². The molecule has 130 valence electrons. The molecule has 3 heterocycles. The molecule has 3 rings (SSSR count). The van der Waals surface area contributed by atoms with Crippen LogP contribution in [0.2, 0.25) is 0 Å². The summed E-state index contributed by atoms with van der Waals surface area (Å²) in [5, 5.41) is 3.13. The average molecular weight is 337 g/mol. The maximum absolute atomic E-state index is 6.10. The summed E-state index contributed by atoms with van der Waals surface area (Å²) in [4.78, 5) is 10.8. The highest BCUT2D eigenvalue weighted by Gasteiger charge is 2.17. The zero-order valence-electron chi connectivity index (χ0n) is 14.5. The Bertz CT molecular complexity index is 796. The molecule has 3 N–H and O–H groups in total. The van der Waals surface area contributed by atoms with Crippen molar-refractivity contribution in [2.24, 2.45) is 0 Å². The second kappa shape index (κ2) is 7.36. The van der Waals surface area contributed by atoms with E-state index in [2.05, 4.69) is 33.3 Å². The predicted molar refractivity (Wildman–Crippen MR) is 102 cm³/mol. The van der Waals surface area contributed by atoms with Crippen LogP contribution in [0.15, 0.2) is 49.4 Å². The number of nitrogens with two attached hydrogens (primary N) is 1. The normalized spacial score (nSPS) is 14.2. The van der Waals surface area contributed by atoms with Crippen molar-refractivity contribution in [3.8, 4) is 11.1 Å². The summed E-state index contributed by atoms with van der Waals surface area (Å²) >= 11 is 0. The Balaban J connectivity index is 1.91. The minimum absolute atomic E-state index is 0.481. The molecule has 6 nitrogen and oxygen atoms in total. The van der Waals surface area contributed by atoms with E-state index in [4.69, 9.17) is 10.5 Å². The lowest BCUT2D eigenvalue weighted by atomic mass is 10.0. The van der Waals surface area contributed by atoms with Crippen LogP contribution in [0.1, 0.15) is 12.5 Å². The Morgan fingerprint density at radius 1 is 1.20 bits per heavy atom. The fourth-order valence-electron chi connectivity index (χ4n) is 2.77. The second-order valence-electron chi connectivity index (χ2n) is 6.04. The molecule has 0 spiro atoms. The lowest BCUT2D eigenvalue weighted by molar-refractivity contribution is 0.0641. The highest BCUT2D eigenvalue weighted by molar-refractivity contribution is 5.76. The van der Waals surface area contributed by atoms with Gasteiger partial charge in [0.1, 0.15) is 11.6 Å². The van der Waals surface area contributed by atoms with Gasteiger partial charge in [-0.3, -0.25) is 0 Å². The van der Waals surface area contributed by atoms with Crippen LogP contribution in [-0.2, 0) is 4.74 Å². The first-order valence-corrected chi connectivity index (χ1v) is 8.21. The highest BCUT2D eigenvalue weighted by atomic mass is 16.5. The van der Waals surface area contributed by atoms with Crippen molar-refractivity contribution in [2.75, 3.05) is 37.4 Å². The van der Waals surface area contributed by atoms with Gasteiger partial charge in [-0.1, -0.05) is 13.2 Å². The molecule has 0 atom stereocenters. The topological polar surface area (TPSA) is 76.3 Å². The van der Waals surface area contributed by atoms with Gasteiger partial charge in [0, 0.05) is 48.0 Å². The van der Waals surface area contributed by atoms with Crippen molar-refractivity contribution >= 4 is 17.3 Å². The lowest BCUT2D eigenvalue weighted by Crippen LogP contribution is -2.34. The number of rotatable bonds is 5. The van der Waals surface area contributed by atoms with Crippen LogP contribution in [0, 0.1) is 0 Å². The maximum atomic E-state index is 6.10. The third kappa shape index (κ3) is 3.97. The third-order valence-corrected chi connectivity index (χ3v) is 4.06. The molecule has 0 amide bonds. The Kier molecular flexibility index (Phi) is 5.00. The molecule has 0 bridgehead atoms. The summed E-state index contributed by atoms with van der Waals surface area (Å²) in [6.45, 7) is 13.0. The molecule has 0 radical (unpaired) electrons. The van der Waals surface area contributed by atoms with Crippen LogP contribution in [0.25, 0.3) is 16.8 Å². The average Bonchev–Trinajstić information content (AvgIpc) is 2.62. The van der Waals surface area contributed by atoms with E-state index in [0.717, 1.165) is 47.0 Å². The fourth-order valence-corrected chi connectivity index (χ4v) is 2.77. The first kappa shape index (κ1) is 17.0. The number of nitrogen functional groups attached to an aromatic ring is 1. The van der Waals surface area contributed by atoms with Crippen molar-refractivity contribution in [2.45, 2.75) is 6.92 Å². The predicted octanol–water partition coefficient (Wildman–Crippen LogP) is 2.97. The number of morpholine rings is 1. The summed E-state index contributed by atoms with van der Waals surface area (Å²) in [5.41, 5.74) is 10.6. The molecular formula is C19H23N5O. The molecule has 1 fully saturated rings. The molecule has 0 aromatic carbocycles. The third-order valence-electron chi connectivity index (χ3n) is 4.06. The number of hydrogen-bond acceptors (Lipinski definition) is 6. The zero-order valence-corrected chi connectivity index (χ0v) is 14.5. The number of hydrogen-bond donors (Lipinski definition) is 2. The number of nitrogens with zero attached hydrogens (tertiary/aromatic N) is 3. The first-order chi connectivity index (χ1) is 12.0. The van der Waals surface area contributed by atoms with E-state index < -0.39 is 0 Å². The SMILES string of the molecule is C=C(C)Nc1cc(-c2cnc(N)c(C(=C)N3CCOCC3)c2)ccn1. The van der Waals surface area contributed by atoms with Crippen molar-refractivity contribution in [1.82, 2.24) is 14.9 Å². The fraction of sp³-hybridized carbons (Fsp3) is 0.263. The minimum atomic E-state index is 0.481. The van der Waals surface area contributed by atoms with Crippen LogP contribution in [-0.4, -0.2) is 41.2 Å². The Hall–Kier alpha value is -2.86. The zero-order chi connectivity index (χ0) is 17.8. The van der Waals surface area contributed by atoms with E-state index in [-0.39, 0.29) is 0 Å². The lowest BCUT2D eigenvalue weighted by Gasteiger charge is -2.31. The molecule has 0 unspecified atom stereocenters. The van der Waals surface area contributed by atoms with Crippen LogP contribution in [0.4, 0.5) is 11.6 Å². The molecule has 2 aromatic heterocycles. The maximum Gasteiger partial charge on any atom is 0.132 e. The van der Waals surface area contributed by atoms with Crippen molar-refractivity contribution in [1.29, 1.82) is 0 Å². The van der Waals surface area contributed by atoms with Gasteiger partial charge in [-0.05, 0) is 30.7 Å². The van der Waals surface area contributed by atoms with Crippen LogP contribution in [0.5, 0.6) is 0 Å². The summed E-state index contributed by atoms with van der Waals surface area (Å²) in [6.07, 6.45) is 3.53. The van der Waals surface area contributed by atoms with Gasteiger partial charge in [-0.25, -0.2) is 9.97 Å². The Labute approximate surface area is 148 Å². The van der Waals surface area contributed by atoms with E-state index in [1.54, 1.807) is 12.4 Å². The van der Waals surface area contributed by atoms with Crippen LogP contribution in [0.3, 0.4) is 0 Å². The van der Waals surface area contributed by atoms with E-state index in [0.29, 0.717) is 19.0 Å². The quantitative estimate of drug-likeness (QED) is 0.873. The van der Waals surface area contributed by atoms with Crippen molar-refractivity contribution < 1.29 is 4.74 Å². The highest BCUT2D eigenvalue weighted by Crippen LogP contribution is 2.29. The largest absolute Gasteiger partial charge is 0.383 e. The van der Waals surface area contributed by atoms with Gasteiger partial charge in [-0.15, -0.1) is 0 Å². The minimum Gasteiger partial charge on any atom is -0.383 e. The van der Waals surface area contributed by atoms with Crippen LogP contribution < -0.4 is 11.1 Å². The molecule has 2 aromatic rings. The van der Waals surface area contributed by atoms with E-state index in [1.165, 1.54) is 0 Å². The van der Waals surface area contributed by atoms with E-state index in [1.807, 2.05) is 25.1 Å². The van der Waals surface area contributed by atoms with Gasteiger partial charge in [0.15, 0.2) is 0 Å². The van der Waals surface area contributed by atoms with Gasteiger partial charge in [0.05, 0.1) is 13.2 Å². The van der Waals surface area contributed by atoms with Crippen molar-refractivity contribution in [3.63, 3.8) is 0 Å². The first-order valence-electron chi connectivity index (χ1n) is 8.21.